The van der Waals surface area contributed by atoms with Crippen LogP contribution >= 0.6 is 11.8 Å². The van der Waals surface area contributed by atoms with E-state index in [1.165, 1.54) is 17.8 Å². The molecule has 0 fully saturated rings. The van der Waals surface area contributed by atoms with E-state index in [1.54, 1.807) is 16.9 Å². The molecule has 0 unspecified atom stereocenters. The van der Waals surface area contributed by atoms with Gasteiger partial charge in [0.2, 0.25) is 0 Å². The molecule has 1 aromatic carbocycles. The Kier molecular flexibility index (Phi) is 2.17. The van der Waals surface area contributed by atoms with Crippen LogP contribution in [0.3, 0.4) is 0 Å². The van der Waals surface area contributed by atoms with Crippen LogP contribution in [-0.2, 0) is 7.05 Å². The van der Waals surface area contributed by atoms with Gasteiger partial charge in [-0.05, 0) is 18.2 Å². The highest BCUT2D eigenvalue weighted by molar-refractivity contribution is 7.99. The van der Waals surface area contributed by atoms with Gasteiger partial charge in [0.15, 0.2) is 0 Å². The molecule has 0 amide bonds. The first-order valence-corrected chi connectivity index (χ1v) is 6.76. The van der Waals surface area contributed by atoms with Crippen LogP contribution in [0, 0.1) is 10.1 Å². The minimum atomic E-state index is -0.355. The van der Waals surface area contributed by atoms with Crippen LogP contribution < -0.4 is 0 Å². The zero-order valence-corrected chi connectivity index (χ0v) is 11.2. The molecule has 1 aliphatic rings. The van der Waals surface area contributed by atoms with Crippen LogP contribution in [0.5, 0.6) is 0 Å². The molecule has 0 bridgehead atoms. The highest BCUT2D eigenvalue weighted by atomic mass is 32.2. The third-order valence-corrected chi connectivity index (χ3v) is 4.49. The standard InChI is InChI=1S/C13H8N4O2S/c1-16-11-7-3-2-6-14-13(7)20-12-9(17(18)19)5-4-8(15-16)10(11)12/h2-6H,1H3. The Hall–Kier alpha value is -2.41. The normalized spacial score (nSPS) is 12.4. The molecular weight excluding hydrogens is 276 g/mol. The van der Waals surface area contributed by atoms with Crippen LogP contribution in [0.25, 0.3) is 22.2 Å². The predicted octanol–water partition coefficient (Wildman–Crippen LogP) is 3.01. The van der Waals surface area contributed by atoms with Crippen molar-refractivity contribution in [3.63, 3.8) is 0 Å². The average molecular weight is 284 g/mol. The van der Waals surface area contributed by atoms with Gasteiger partial charge in [0.05, 0.1) is 16.1 Å². The lowest BCUT2D eigenvalue weighted by molar-refractivity contribution is -0.387. The molecule has 20 heavy (non-hydrogen) atoms. The van der Waals surface area contributed by atoms with Crippen molar-refractivity contribution < 1.29 is 4.92 Å². The summed E-state index contributed by atoms with van der Waals surface area (Å²) in [7, 11) is 1.84. The number of pyridine rings is 1. The Labute approximate surface area is 117 Å². The fourth-order valence-electron chi connectivity index (χ4n) is 2.55. The Balaban J connectivity index is 2.20. The number of fused-ring (bicyclic) bond motifs is 2. The van der Waals surface area contributed by atoms with Gasteiger partial charge >= 0.3 is 0 Å². The van der Waals surface area contributed by atoms with Crippen LogP contribution in [0.4, 0.5) is 5.69 Å². The van der Waals surface area contributed by atoms with Gasteiger partial charge in [-0.25, -0.2) is 4.98 Å². The summed E-state index contributed by atoms with van der Waals surface area (Å²) in [5.74, 6) is 0. The molecule has 0 aliphatic carbocycles. The summed E-state index contributed by atoms with van der Waals surface area (Å²) in [6.45, 7) is 0. The summed E-state index contributed by atoms with van der Waals surface area (Å²) in [4.78, 5) is 15.8. The number of nitro groups is 1. The van der Waals surface area contributed by atoms with Crippen LogP contribution in [-0.4, -0.2) is 19.7 Å². The van der Waals surface area contributed by atoms with E-state index in [1.807, 2.05) is 19.2 Å². The average Bonchev–Trinajstić information content (AvgIpc) is 2.77. The highest BCUT2D eigenvalue weighted by Crippen LogP contribution is 2.49. The van der Waals surface area contributed by atoms with Crippen molar-refractivity contribution in [3.05, 3.63) is 40.6 Å². The number of aryl methyl sites for hydroxylation is 1. The molecule has 3 aromatic rings. The number of hydrogen-bond acceptors (Lipinski definition) is 5. The second-order valence-electron chi connectivity index (χ2n) is 4.50. The van der Waals surface area contributed by atoms with Crippen LogP contribution in [0.15, 0.2) is 40.4 Å². The van der Waals surface area contributed by atoms with Crippen molar-refractivity contribution in [2.75, 3.05) is 0 Å². The number of rotatable bonds is 1. The molecular formula is C13H8N4O2S. The van der Waals surface area contributed by atoms with Crippen molar-refractivity contribution in [2.45, 2.75) is 9.92 Å². The first kappa shape index (κ1) is 11.4. The molecule has 0 atom stereocenters. The maximum atomic E-state index is 11.2. The lowest BCUT2D eigenvalue weighted by atomic mass is 10.1. The van der Waals surface area contributed by atoms with Gasteiger partial charge in [-0.2, -0.15) is 5.10 Å². The smallest absolute Gasteiger partial charge is 0.267 e. The number of benzene rings is 1. The minimum Gasteiger partial charge on any atom is -0.267 e. The first-order valence-electron chi connectivity index (χ1n) is 5.94. The van der Waals surface area contributed by atoms with E-state index in [9.17, 15) is 10.1 Å². The van der Waals surface area contributed by atoms with Gasteiger partial charge in [0, 0.05) is 30.3 Å². The molecule has 0 spiro atoms. The molecule has 6 nitrogen and oxygen atoms in total. The zero-order chi connectivity index (χ0) is 13.9. The van der Waals surface area contributed by atoms with E-state index in [4.69, 9.17) is 0 Å². The monoisotopic (exact) mass is 284 g/mol. The second-order valence-corrected chi connectivity index (χ2v) is 5.49. The number of hydrogen-bond donors (Lipinski definition) is 0. The highest BCUT2D eigenvalue weighted by Gasteiger charge is 2.29. The SMILES string of the molecule is Cn1nc2ccc([N+](=O)[O-])c3c2c1-c1cccnc1S3. The number of nitrogens with zero attached hydrogens (tertiary/aromatic N) is 4. The Morgan fingerprint density at radius 1 is 1.35 bits per heavy atom. The van der Waals surface area contributed by atoms with Gasteiger partial charge < -0.3 is 0 Å². The quantitative estimate of drug-likeness (QED) is 0.397. The molecule has 1 aliphatic heterocycles. The van der Waals surface area contributed by atoms with Crippen molar-refractivity contribution >= 4 is 28.4 Å². The Morgan fingerprint density at radius 3 is 3.00 bits per heavy atom. The maximum absolute atomic E-state index is 11.2. The van der Waals surface area contributed by atoms with Gasteiger partial charge in [-0.15, -0.1) is 0 Å². The van der Waals surface area contributed by atoms with Crippen LogP contribution in [0.2, 0.25) is 0 Å². The van der Waals surface area contributed by atoms with E-state index >= 15 is 0 Å². The predicted molar refractivity (Wildman–Crippen MR) is 74.7 cm³/mol. The molecule has 0 saturated carbocycles. The topological polar surface area (TPSA) is 73.8 Å². The molecule has 98 valence electrons. The fourth-order valence-corrected chi connectivity index (χ4v) is 3.68. The molecule has 7 heteroatoms. The Bertz CT molecular complexity index is 887. The summed E-state index contributed by atoms with van der Waals surface area (Å²) in [5.41, 5.74) is 2.73. The lowest BCUT2D eigenvalue weighted by Gasteiger charge is -2.15. The summed E-state index contributed by atoms with van der Waals surface area (Å²) in [6, 6.07) is 7.03. The lowest BCUT2D eigenvalue weighted by Crippen LogP contribution is -2.00. The summed E-state index contributed by atoms with van der Waals surface area (Å²) in [6.07, 6.45) is 1.69. The molecule has 0 saturated heterocycles. The zero-order valence-electron chi connectivity index (χ0n) is 10.4. The van der Waals surface area contributed by atoms with Crippen molar-refractivity contribution in [3.8, 4) is 11.3 Å². The number of aromatic nitrogens is 3. The maximum Gasteiger partial charge on any atom is 0.284 e. The second kappa shape index (κ2) is 3.80. The summed E-state index contributed by atoms with van der Waals surface area (Å²) >= 11 is 1.34. The van der Waals surface area contributed by atoms with E-state index in [2.05, 4.69) is 10.1 Å². The van der Waals surface area contributed by atoms with Gasteiger partial charge in [-0.1, -0.05) is 11.8 Å². The van der Waals surface area contributed by atoms with Gasteiger partial charge in [0.1, 0.15) is 9.92 Å². The third-order valence-electron chi connectivity index (χ3n) is 3.35. The molecule has 4 rings (SSSR count). The van der Waals surface area contributed by atoms with Crippen molar-refractivity contribution in [1.82, 2.24) is 14.8 Å². The van der Waals surface area contributed by atoms with E-state index in [0.717, 1.165) is 27.2 Å². The summed E-state index contributed by atoms with van der Waals surface area (Å²) in [5, 5.41) is 17.3. The first-order chi connectivity index (χ1) is 9.66. The molecule has 3 heterocycles. The van der Waals surface area contributed by atoms with Gasteiger partial charge in [0.25, 0.3) is 5.69 Å². The van der Waals surface area contributed by atoms with E-state index in [-0.39, 0.29) is 10.6 Å². The summed E-state index contributed by atoms with van der Waals surface area (Å²) < 4.78 is 1.76. The molecule has 2 aromatic heterocycles. The van der Waals surface area contributed by atoms with Crippen LogP contribution in [0.1, 0.15) is 0 Å². The third kappa shape index (κ3) is 1.35. The van der Waals surface area contributed by atoms with Crippen molar-refractivity contribution in [1.29, 1.82) is 0 Å². The van der Waals surface area contributed by atoms with Crippen molar-refractivity contribution in [2.24, 2.45) is 7.05 Å². The fraction of sp³-hybridized carbons (Fsp3) is 0.0769. The minimum absolute atomic E-state index is 0.105. The van der Waals surface area contributed by atoms with E-state index in [0.29, 0.717) is 4.90 Å². The Morgan fingerprint density at radius 2 is 2.20 bits per heavy atom. The largest absolute Gasteiger partial charge is 0.284 e. The van der Waals surface area contributed by atoms with E-state index < -0.39 is 0 Å². The number of nitro benzene ring substituents is 1. The molecule has 0 N–H and O–H groups in total. The molecule has 0 radical (unpaired) electrons. The van der Waals surface area contributed by atoms with Gasteiger partial charge in [-0.3, -0.25) is 14.8 Å².